The maximum Gasteiger partial charge on any atom is 0.310 e. The average Bonchev–Trinajstić information content (AvgIpc) is 3.15. The van der Waals surface area contributed by atoms with E-state index in [1.807, 2.05) is 12.1 Å². The molecule has 1 aromatic rings. The summed E-state index contributed by atoms with van der Waals surface area (Å²) in [5.74, 6) is 0.709. The summed E-state index contributed by atoms with van der Waals surface area (Å²) in [5, 5.41) is 3.43. The zero-order valence-corrected chi connectivity index (χ0v) is 21.0. The molecule has 0 bridgehead atoms. The van der Waals surface area contributed by atoms with Crippen molar-refractivity contribution in [1.29, 1.82) is 0 Å². The van der Waals surface area contributed by atoms with Gasteiger partial charge in [0.1, 0.15) is 5.82 Å². The van der Waals surface area contributed by atoms with Gasteiger partial charge >= 0.3 is 5.97 Å². The molecule has 2 saturated heterocycles. The number of aliphatic imine (C=N–C) groups is 1. The number of guanidine groups is 1. The lowest BCUT2D eigenvalue weighted by molar-refractivity contribution is -0.145. The second-order valence-corrected chi connectivity index (χ2v) is 8.12. The first-order chi connectivity index (χ1) is 14.5. The fourth-order valence-electron chi connectivity index (χ4n) is 4.35. The smallest absolute Gasteiger partial charge is 0.310 e. The van der Waals surface area contributed by atoms with Gasteiger partial charge in [0.2, 0.25) is 0 Å². The Labute approximate surface area is 202 Å². The largest absolute Gasteiger partial charge is 0.469 e. The Morgan fingerprint density at radius 3 is 2.58 bits per heavy atom. The van der Waals surface area contributed by atoms with Crippen LogP contribution in [-0.2, 0) is 9.53 Å². The number of ether oxygens (including phenoxy) is 1. The van der Waals surface area contributed by atoms with Gasteiger partial charge in [-0.2, -0.15) is 0 Å². The lowest BCUT2D eigenvalue weighted by Crippen LogP contribution is -2.47. The summed E-state index contributed by atoms with van der Waals surface area (Å²) < 4.78 is 18.9. The minimum Gasteiger partial charge on any atom is -0.469 e. The number of carbonyl (C=O) groups is 1. The SMILES string of the molecule is CN=C(NCCCN1CCN(c2ccccc2F)CC1)N1CC(C)C(C(=O)OC)C1.I. The number of hydrogen-bond acceptors (Lipinski definition) is 5. The van der Waals surface area contributed by atoms with Crippen molar-refractivity contribution in [2.24, 2.45) is 16.8 Å². The van der Waals surface area contributed by atoms with Crippen LogP contribution in [0, 0.1) is 17.7 Å². The predicted octanol–water partition coefficient (Wildman–Crippen LogP) is 2.27. The van der Waals surface area contributed by atoms with Crippen LogP contribution in [0.4, 0.5) is 10.1 Å². The highest BCUT2D eigenvalue weighted by atomic mass is 127. The molecule has 2 aliphatic rings. The number of nitrogens with zero attached hydrogens (tertiary/aromatic N) is 4. The number of carbonyl (C=O) groups excluding carboxylic acids is 1. The lowest BCUT2D eigenvalue weighted by Gasteiger charge is -2.36. The molecule has 2 atom stereocenters. The quantitative estimate of drug-likeness (QED) is 0.194. The summed E-state index contributed by atoms with van der Waals surface area (Å²) in [5.41, 5.74) is 0.702. The van der Waals surface area contributed by atoms with E-state index in [0.717, 1.165) is 58.2 Å². The molecule has 2 heterocycles. The molecule has 2 fully saturated rings. The molecule has 31 heavy (non-hydrogen) atoms. The van der Waals surface area contributed by atoms with Crippen LogP contribution in [0.5, 0.6) is 0 Å². The van der Waals surface area contributed by atoms with Crippen molar-refractivity contribution in [1.82, 2.24) is 15.1 Å². The molecule has 9 heteroatoms. The minimum atomic E-state index is -0.146. The zero-order chi connectivity index (χ0) is 21.5. The molecule has 0 aliphatic carbocycles. The highest BCUT2D eigenvalue weighted by molar-refractivity contribution is 14.0. The zero-order valence-electron chi connectivity index (χ0n) is 18.7. The van der Waals surface area contributed by atoms with Gasteiger partial charge in [0, 0.05) is 52.9 Å². The van der Waals surface area contributed by atoms with Crippen LogP contribution in [0.1, 0.15) is 13.3 Å². The summed E-state index contributed by atoms with van der Waals surface area (Å²) in [6.45, 7) is 8.91. The van der Waals surface area contributed by atoms with Crippen LogP contribution in [0.15, 0.2) is 29.3 Å². The van der Waals surface area contributed by atoms with E-state index < -0.39 is 0 Å². The van der Waals surface area contributed by atoms with Gasteiger partial charge < -0.3 is 19.9 Å². The van der Waals surface area contributed by atoms with Gasteiger partial charge in [-0.1, -0.05) is 19.1 Å². The minimum absolute atomic E-state index is 0. The number of esters is 1. The molecule has 0 radical (unpaired) electrons. The van der Waals surface area contributed by atoms with E-state index in [-0.39, 0.29) is 47.6 Å². The van der Waals surface area contributed by atoms with E-state index in [9.17, 15) is 9.18 Å². The molecule has 1 N–H and O–H groups in total. The van der Waals surface area contributed by atoms with Crippen molar-refractivity contribution >= 4 is 41.6 Å². The number of hydrogen-bond donors (Lipinski definition) is 1. The van der Waals surface area contributed by atoms with E-state index in [4.69, 9.17) is 4.74 Å². The molecule has 7 nitrogen and oxygen atoms in total. The standard InChI is InChI=1S/C22H34FN5O2.HI/c1-17-15-28(16-18(17)21(29)30-3)22(24-2)25-9-6-10-26-11-13-27(14-12-26)20-8-5-4-7-19(20)23;/h4-5,7-8,17-18H,6,9-16H2,1-3H3,(H,24,25);1H. The summed E-state index contributed by atoms with van der Waals surface area (Å²) in [6.07, 6.45) is 1.00. The number of rotatable bonds is 6. The molecule has 174 valence electrons. The molecular formula is C22H35FIN5O2. The molecule has 0 amide bonds. The van der Waals surface area contributed by atoms with Crippen LogP contribution >= 0.6 is 24.0 Å². The van der Waals surface area contributed by atoms with Gasteiger partial charge in [-0.15, -0.1) is 24.0 Å². The number of nitrogens with one attached hydrogen (secondary N) is 1. The van der Waals surface area contributed by atoms with Crippen LogP contribution in [0.25, 0.3) is 0 Å². The Morgan fingerprint density at radius 1 is 1.23 bits per heavy atom. The Kier molecular flexibility index (Phi) is 10.3. The van der Waals surface area contributed by atoms with Crippen molar-refractivity contribution in [3.63, 3.8) is 0 Å². The summed E-state index contributed by atoms with van der Waals surface area (Å²) in [6, 6.07) is 6.99. The molecule has 0 saturated carbocycles. The molecule has 1 aromatic carbocycles. The Hall–Kier alpha value is -1.62. The van der Waals surface area contributed by atoms with Gasteiger partial charge in [-0.3, -0.25) is 14.7 Å². The molecule has 2 unspecified atom stereocenters. The summed E-state index contributed by atoms with van der Waals surface area (Å²) in [4.78, 5) is 23.0. The van der Waals surface area contributed by atoms with Gasteiger partial charge in [0.15, 0.2) is 5.96 Å². The first-order valence-corrected chi connectivity index (χ1v) is 10.8. The monoisotopic (exact) mass is 547 g/mol. The van der Waals surface area contributed by atoms with Gasteiger partial charge in [-0.05, 0) is 31.0 Å². The van der Waals surface area contributed by atoms with Crippen molar-refractivity contribution < 1.29 is 13.9 Å². The molecule has 3 rings (SSSR count). The normalized spacial score (nSPS) is 22.3. The maximum atomic E-state index is 14.0. The van der Waals surface area contributed by atoms with E-state index in [1.165, 1.54) is 13.2 Å². The topological polar surface area (TPSA) is 60.4 Å². The molecular weight excluding hydrogens is 512 g/mol. The van der Waals surface area contributed by atoms with Crippen molar-refractivity contribution in [2.45, 2.75) is 13.3 Å². The first kappa shape index (κ1) is 25.6. The van der Waals surface area contributed by atoms with E-state index in [0.29, 0.717) is 12.2 Å². The summed E-state index contributed by atoms with van der Waals surface area (Å²) in [7, 11) is 3.22. The second-order valence-electron chi connectivity index (χ2n) is 8.12. The van der Waals surface area contributed by atoms with Crippen molar-refractivity contribution in [3.05, 3.63) is 30.1 Å². The molecule has 2 aliphatic heterocycles. The number of anilines is 1. The van der Waals surface area contributed by atoms with Gasteiger partial charge in [0.25, 0.3) is 0 Å². The Balaban J connectivity index is 0.00000341. The van der Waals surface area contributed by atoms with Crippen LogP contribution in [0.2, 0.25) is 0 Å². The van der Waals surface area contributed by atoms with Crippen LogP contribution in [0.3, 0.4) is 0 Å². The van der Waals surface area contributed by atoms with Crippen LogP contribution < -0.4 is 10.2 Å². The molecule has 0 spiro atoms. The Bertz CT molecular complexity index is 742. The highest BCUT2D eigenvalue weighted by Crippen LogP contribution is 2.24. The van der Waals surface area contributed by atoms with Gasteiger partial charge in [0.05, 0.1) is 18.7 Å². The number of piperazine rings is 1. The van der Waals surface area contributed by atoms with Gasteiger partial charge in [-0.25, -0.2) is 4.39 Å². The third kappa shape index (κ3) is 6.68. The fraction of sp³-hybridized carbons (Fsp3) is 0.636. The van der Waals surface area contributed by atoms with E-state index >= 15 is 0 Å². The predicted molar refractivity (Wildman–Crippen MR) is 133 cm³/mol. The highest BCUT2D eigenvalue weighted by Gasteiger charge is 2.36. The third-order valence-electron chi connectivity index (χ3n) is 6.13. The van der Waals surface area contributed by atoms with E-state index in [2.05, 4.69) is 31.9 Å². The lowest BCUT2D eigenvalue weighted by atomic mass is 9.99. The van der Waals surface area contributed by atoms with E-state index in [1.54, 1.807) is 13.1 Å². The third-order valence-corrected chi connectivity index (χ3v) is 6.13. The summed E-state index contributed by atoms with van der Waals surface area (Å²) >= 11 is 0. The number of halogens is 2. The number of benzene rings is 1. The molecule has 0 aromatic heterocycles. The van der Waals surface area contributed by atoms with Crippen molar-refractivity contribution in [2.75, 3.05) is 71.4 Å². The maximum absolute atomic E-state index is 14.0. The Morgan fingerprint density at radius 2 is 1.94 bits per heavy atom. The van der Waals surface area contributed by atoms with Crippen molar-refractivity contribution in [3.8, 4) is 0 Å². The second kappa shape index (κ2) is 12.4. The van der Waals surface area contributed by atoms with Crippen LogP contribution in [-0.4, -0.2) is 88.2 Å². The number of likely N-dealkylation sites (tertiary alicyclic amines) is 1. The first-order valence-electron chi connectivity index (χ1n) is 10.8. The average molecular weight is 547 g/mol. The number of para-hydroxylation sites is 1. The number of methoxy groups -OCH3 is 1. The fourth-order valence-corrected chi connectivity index (χ4v) is 4.35.